The van der Waals surface area contributed by atoms with Crippen LogP contribution in [0.1, 0.15) is 42.6 Å². The zero-order chi connectivity index (χ0) is 14.8. The van der Waals surface area contributed by atoms with Crippen molar-refractivity contribution in [3.05, 3.63) is 29.3 Å². The Morgan fingerprint density at radius 3 is 2.90 bits per heavy atom. The van der Waals surface area contributed by atoms with E-state index >= 15 is 0 Å². The first-order valence-electron chi connectivity index (χ1n) is 6.85. The normalized spacial score (nSPS) is 14.1. The first kappa shape index (κ1) is 14.4. The summed E-state index contributed by atoms with van der Waals surface area (Å²) in [4.78, 5) is 13.5. The molecule has 0 spiro atoms. The largest absolute Gasteiger partial charge is 0.494 e. The summed E-state index contributed by atoms with van der Waals surface area (Å²) in [6.45, 7) is 5.11. The summed E-state index contributed by atoms with van der Waals surface area (Å²) in [6.07, 6.45) is 1.66. The summed E-state index contributed by atoms with van der Waals surface area (Å²) in [5.41, 5.74) is 1.49. The van der Waals surface area contributed by atoms with Crippen molar-refractivity contribution < 1.29 is 9.53 Å². The Balaban J connectivity index is 1.89. The van der Waals surface area contributed by atoms with Gasteiger partial charge >= 0.3 is 0 Å². The molecule has 2 rings (SSSR count). The van der Waals surface area contributed by atoms with Crippen LogP contribution in [-0.4, -0.2) is 24.5 Å². The van der Waals surface area contributed by atoms with Crippen molar-refractivity contribution in [1.82, 2.24) is 4.90 Å². The number of rotatable bonds is 5. The third kappa shape index (κ3) is 3.11. The van der Waals surface area contributed by atoms with Crippen LogP contribution in [0.15, 0.2) is 18.2 Å². The number of carbonyl (C=O) groups is 1. The van der Waals surface area contributed by atoms with Gasteiger partial charge in [-0.2, -0.15) is 5.26 Å². The molecule has 0 saturated carbocycles. The van der Waals surface area contributed by atoms with Crippen LogP contribution in [0, 0.1) is 16.7 Å². The van der Waals surface area contributed by atoms with Crippen LogP contribution in [0.5, 0.6) is 5.75 Å². The highest BCUT2D eigenvalue weighted by molar-refractivity contribution is 5.98. The van der Waals surface area contributed by atoms with Crippen molar-refractivity contribution in [2.45, 2.75) is 33.2 Å². The van der Waals surface area contributed by atoms with Crippen LogP contribution in [0.25, 0.3) is 0 Å². The van der Waals surface area contributed by atoms with Crippen LogP contribution in [0.2, 0.25) is 0 Å². The van der Waals surface area contributed by atoms with E-state index < -0.39 is 0 Å². The highest BCUT2D eigenvalue weighted by Crippen LogP contribution is 2.26. The maximum absolute atomic E-state index is 11.8. The maximum Gasteiger partial charge on any atom is 0.254 e. The molecule has 0 saturated heterocycles. The van der Waals surface area contributed by atoms with Crippen LogP contribution in [0.3, 0.4) is 0 Å². The number of nitriles is 1. The van der Waals surface area contributed by atoms with E-state index in [0.29, 0.717) is 13.2 Å². The van der Waals surface area contributed by atoms with E-state index in [-0.39, 0.29) is 11.3 Å². The number of hydrogen-bond donors (Lipinski definition) is 0. The fraction of sp³-hybridized carbons (Fsp3) is 0.500. The van der Waals surface area contributed by atoms with E-state index in [2.05, 4.69) is 6.07 Å². The summed E-state index contributed by atoms with van der Waals surface area (Å²) in [5, 5.41) is 8.94. The summed E-state index contributed by atoms with van der Waals surface area (Å²) in [5.74, 6) is 0.865. The second-order valence-electron chi connectivity index (χ2n) is 5.93. The summed E-state index contributed by atoms with van der Waals surface area (Å²) < 4.78 is 5.70. The van der Waals surface area contributed by atoms with E-state index in [0.717, 1.165) is 29.7 Å². The molecule has 1 aromatic carbocycles. The van der Waals surface area contributed by atoms with Gasteiger partial charge in [0.05, 0.1) is 18.1 Å². The van der Waals surface area contributed by atoms with E-state index in [1.54, 1.807) is 11.9 Å². The predicted molar refractivity (Wildman–Crippen MR) is 76.4 cm³/mol. The van der Waals surface area contributed by atoms with Gasteiger partial charge in [-0.05, 0) is 50.5 Å². The number of hydrogen-bond acceptors (Lipinski definition) is 3. The molecular formula is C16H20N2O2. The van der Waals surface area contributed by atoms with E-state index in [1.165, 1.54) is 0 Å². The van der Waals surface area contributed by atoms with Gasteiger partial charge in [0, 0.05) is 19.2 Å². The molecule has 20 heavy (non-hydrogen) atoms. The minimum Gasteiger partial charge on any atom is -0.494 e. The first-order chi connectivity index (χ1) is 9.43. The van der Waals surface area contributed by atoms with Crippen LogP contribution in [0.4, 0.5) is 0 Å². The molecule has 0 radical (unpaired) electrons. The van der Waals surface area contributed by atoms with Gasteiger partial charge in [-0.25, -0.2) is 0 Å². The van der Waals surface area contributed by atoms with Crippen LogP contribution in [-0.2, 0) is 6.54 Å². The van der Waals surface area contributed by atoms with Gasteiger partial charge in [0.25, 0.3) is 5.91 Å². The SMILES string of the molecule is CN1Cc2cc(OCCCC(C)(C)C#N)ccc2C1=O. The number of benzene rings is 1. The maximum atomic E-state index is 11.8. The van der Waals surface area contributed by atoms with Gasteiger partial charge in [-0.3, -0.25) is 4.79 Å². The lowest BCUT2D eigenvalue weighted by atomic mass is 9.90. The van der Waals surface area contributed by atoms with Crippen molar-refractivity contribution in [1.29, 1.82) is 5.26 Å². The molecule has 1 aliphatic rings. The molecule has 0 N–H and O–H groups in total. The van der Waals surface area contributed by atoms with E-state index in [4.69, 9.17) is 10.00 Å². The van der Waals surface area contributed by atoms with Gasteiger partial charge in [0.1, 0.15) is 5.75 Å². The molecule has 1 heterocycles. The summed E-state index contributed by atoms with van der Waals surface area (Å²) in [6, 6.07) is 7.89. The molecule has 0 atom stereocenters. The summed E-state index contributed by atoms with van der Waals surface area (Å²) in [7, 11) is 1.80. The number of nitrogens with zero attached hydrogens (tertiary/aromatic N) is 2. The van der Waals surface area contributed by atoms with Gasteiger partial charge in [0.2, 0.25) is 0 Å². The smallest absolute Gasteiger partial charge is 0.254 e. The molecule has 0 aliphatic carbocycles. The lowest BCUT2D eigenvalue weighted by molar-refractivity contribution is 0.0816. The monoisotopic (exact) mass is 272 g/mol. The van der Waals surface area contributed by atoms with Crippen molar-refractivity contribution in [3.63, 3.8) is 0 Å². The van der Waals surface area contributed by atoms with Crippen LogP contribution < -0.4 is 4.74 Å². The van der Waals surface area contributed by atoms with Crippen molar-refractivity contribution >= 4 is 5.91 Å². The standard InChI is InChI=1S/C16H20N2O2/c1-16(2,11-17)7-4-8-20-13-5-6-14-12(9-13)10-18(3)15(14)19/h5-6,9H,4,7-8,10H2,1-3H3. The van der Waals surface area contributed by atoms with Gasteiger partial charge in [-0.1, -0.05) is 0 Å². The Morgan fingerprint density at radius 2 is 2.20 bits per heavy atom. The number of fused-ring (bicyclic) bond motifs is 1. The number of amides is 1. The molecule has 4 heteroatoms. The molecule has 0 unspecified atom stereocenters. The Bertz CT molecular complexity index is 558. The minimum absolute atomic E-state index is 0.0716. The highest BCUT2D eigenvalue weighted by atomic mass is 16.5. The molecule has 0 bridgehead atoms. The van der Waals surface area contributed by atoms with Crippen LogP contribution >= 0.6 is 0 Å². The fourth-order valence-corrected chi connectivity index (χ4v) is 2.29. The third-order valence-electron chi connectivity index (χ3n) is 3.58. The lowest BCUT2D eigenvalue weighted by Gasteiger charge is -2.14. The molecule has 0 fully saturated rings. The van der Waals surface area contributed by atoms with Crippen molar-refractivity contribution in [2.24, 2.45) is 5.41 Å². The first-order valence-corrected chi connectivity index (χ1v) is 6.85. The minimum atomic E-state index is -0.295. The van der Waals surface area contributed by atoms with Gasteiger partial charge in [-0.15, -0.1) is 0 Å². The number of carbonyl (C=O) groups excluding carboxylic acids is 1. The second-order valence-corrected chi connectivity index (χ2v) is 5.93. The Hall–Kier alpha value is -2.02. The molecule has 1 aliphatic heterocycles. The van der Waals surface area contributed by atoms with Crippen molar-refractivity contribution in [3.8, 4) is 11.8 Å². The lowest BCUT2D eigenvalue weighted by Crippen LogP contribution is -2.17. The Morgan fingerprint density at radius 1 is 1.45 bits per heavy atom. The average Bonchev–Trinajstić information content (AvgIpc) is 2.70. The van der Waals surface area contributed by atoms with Gasteiger partial charge < -0.3 is 9.64 Å². The molecule has 106 valence electrons. The Kier molecular flexibility index (Phi) is 3.99. The van der Waals surface area contributed by atoms with Gasteiger partial charge in [0.15, 0.2) is 0 Å². The van der Waals surface area contributed by atoms with Crippen molar-refractivity contribution in [2.75, 3.05) is 13.7 Å². The topological polar surface area (TPSA) is 53.3 Å². The predicted octanol–water partition coefficient (Wildman–Crippen LogP) is 2.98. The molecule has 1 amide bonds. The zero-order valence-electron chi connectivity index (χ0n) is 12.3. The fourth-order valence-electron chi connectivity index (χ4n) is 2.29. The summed E-state index contributed by atoms with van der Waals surface area (Å²) >= 11 is 0. The zero-order valence-corrected chi connectivity index (χ0v) is 12.3. The quantitative estimate of drug-likeness (QED) is 0.774. The van der Waals surface area contributed by atoms with E-state index in [9.17, 15) is 4.79 Å². The molecular weight excluding hydrogens is 252 g/mol. The molecule has 0 aromatic heterocycles. The van der Waals surface area contributed by atoms with E-state index in [1.807, 2.05) is 32.0 Å². The molecule has 4 nitrogen and oxygen atoms in total. The third-order valence-corrected chi connectivity index (χ3v) is 3.58. The highest BCUT2D eigenvalue weighted by Gasteiger charge is 2.24. The second kappa shape index (κ2) is 5.54. The Labute approximate surface area is 120 Å². The molecule has 1 aromatic rings. The number of ether oxygens (including phenoxy) is 1. The average molecular weight is 272 g/mol.